The minimum atomic E-state index is -0.341. The number of hydrogen-bond acceptors (Lipinski definition) is 7. The summed E-state index contributed by atoms with van der Waals surface area (Å²) in [4.78, 5) is 33.0. The summed E-state index contributed by atoms with van der Waals surface area (Å²) >= 11 is 6.70. The number of nitrogens with zero attached hydrogens (tertiary/aromatic N) is 5. The van der Waals surface area contributed by atoms with E-state index in [9.17, 15) is 19.2 Å². The van der Waals surface area contributed by atoms with Crippen LogP contribution >= 0.6 is 24.0 Å². The van der Waals surface area contributed by atoms with Crippen molar-refractivity contribution in [1.82, 2.24) is 14.4 Å². The standard InChI is InChI=1S/C26H28FN5O2S2/c1-4-9-31-23(30-12-10-29(3)11-13-30)20(17(2)21(15-28)24(31)33)14-22-25(34)32(26(35)36-22)16-18-5-7-19(27)8-6-18/h5-8,14H,4,9-13,16H2,1-3H3/b22-14+. The third kappa shape index (κ3) is 5.09. The molecule has 2 aromatic rings. The molecule has 4 rings (SSSR count). The van der Waals surface area contributed by atoms with Crippen LogP contribution in [-0.2, 0) is 17.9 Å². The predicted octanol–water partition coefficient (Wildman–Crippen LogP) is 3.73. The lowest BCUT2D eigenvalue weighted by molar-refractivity contribution is -0.122. The van der Waals surface area contributed by atoms with Crippen LogP contribution in [0.25, 0.3) is 6.08 Å². The van der Waals surface area contributed by atoms with Crippen LogP contribution in [0.15, 0.2) is 34.0 Å². The molecule has 7 nitrogen and oxygen atoms in total. The molecular weight excluding hydrogens is 497 g/mol. The number of hydrogen-bond donors (Lipinski definition) is 0. The monoisotopic (exact) mass is 525 g/mol. The van der Waals surface area contributed by atoms with Gasteiger partial charge in [0.25, 0.3) is 11.5 Å². The van der Waals surface area contributed by atoms with Gasteiger partial charge in [-0.1, -0.05) is 43.0 Å². The SMILES string of the molecule is CCCn1c(N2CCN(C)CC2)c(/C=C2/SC(=S)N(Cc3ccc(F)cc3)C2=O)c(C)c(C#N)c1=O. The number of thiocarbonyl (C=S) groups is 1. The number of anilines is 1. The number of rotatable bonds is 6. The molecule has 3 heterocycles. The number of halogens is 1. The zero-order chi connectivity index (χ0) is 26.0. The molecule has 0 atom stereocenters. The van der Waals surface area contributed by atoms with Crippen LogP contribution in [0.5, 0.6) is 0 Å². The highest BCUT2D eigenvalue weighted by Gasteiger charge is 2.33. The molecule has 10 heteroatoms. The van der Waals surface area contributed by atoms with Crippen LogP contribution in [0.3, 0.4) is 0 Å². The summed E-state index contributed by atoms with van der Waals surface area (Å²) in [6, 6.07) is 8.06. The van der Waals surface area contributed by atoms with Gasteiger partial charge in [-0.15, -0.1) is 0 Å². The topological polar surface area (TPSA) is 72.6 Å². The first-order valence-electron chi connectivity index (χ1n) is 11.9. The van der Waals surface area contributed by atoms with Crippen LogP contribution in [-0.4, -0.2) is 57.8 Å². The first-order chi connectivity index (χ1) is 17.2. The number of benzene rings is 1. The van der Waals surface area contributed by atoms with Gasteiger partial charge in [0, 0.05) is 38.3 Å². The van der Waals surface area contributed by atoms with Gasteiger partial charge in [-0.2, -0.15) is 5.26 Å². The molecule has 0 aliphatic carbocycles. The molecular formula is C26H28FN5O2S2. The number of nitriles is 1. The van der Waals surface area contributed by atoms with Crippen molar-refractivity contribution in [2.24, 2.45) is 0 Å². The molecule has 1 amide bonds. The maximum Gasteiger partial charge on any atom is 0.270 e. The number of thioether (sulfide) groups is 1. The van der Waals surface area contributed by atoms with Crippen LogP contribution < -0.4 is 10.5 Å². The van der Waals surface area contributed by atoms with E-state index in [4.69, 9.17) is 12.2 Å². The van der Waals surface area contributed by atoms with E-state index in [1.807, 2.05) is 6.92 Å². The minimum absolute atomic E-state index is 0.0920. The molecule has 2 aliphatic heterocycles. The average Bonchev–Trinajstić information content (AvgIpc) is 3.12. The van der Waals surface area contributed by atoms with Crippen molar-refractivity contribution in [2.75, 3.05) is 38.1 Å². The lowest BCUT2D eigenvalue weighted by Gasteiger charge is -2.36. The van der Waals surface area contributed by atoms with Gasteiger partial charge in [-0.3, -0.25) is 19.1 Å². The number of carbonyl (C=O) groups excluding carboxylic acids is 1. The van der Waals surface area contributed by atoms with Crippen molar-refractivity contribution in [3.05, 3.63) is 67.6 Å². The minimum Gasteiger partial charge on any atom is -0.355 e. The van der Waals surface area contributed by atoms with Crippen molar-refractivity contribution in [3.63, 3.8) is 0 Å². The Bertz CT molecular complexity index is 1320. The second-order valence-corrected chi connectivity index (χ2v) is 10.7. The van der Waals surface area contributed by atoms with Gasteiger partial charge in [0.1, 0.15) is 27.6 Å². The second-order valence-electron chi connectivity index (χ2n) is 8.99. The van der Waals surface area contributed by atoms with E-state index in [1.54, 1.807) is 29.7 Å². The summed E-state index contributed by atoms with van der Waals surface area (Å²) in [5.74, 6) is 0.159. The maximum absolute atomic E-state index is 13.4. The van der Waals surface area contributed by atoms with E-state index in [-0.39, 0.29) is 29.4 Å². The van der Waals surface area contributed by atoms with Gasteiger partial charge in [-0.05, 0) is 49.7 Å². The van der Waals surface area contributed by atoms with E-state index < -0.39 is 0 Å². The Kier molecular flexibility index (Phi) is 7.93. The van der Waals surface area contributed by atoms with Gasteiger partial charge in [0.15, 0.2) is 0 Å². The van der Waals surface area contributed by atoms with Gasteiger partial charge in [-0.25, -0.2) is 4.39 Å². The molecule has 1 aromatic heterocycles. The van der Waals surface area contributed by atoms with E-state index in [1.165, 1.54) is 28.8 Å². The largest absolute Gasteiger partial charge is 0.355 e. The van der Waals surface area contributed by atoms with Crippen molar-refractivity contribution < 1.29 is 9.18 Å². The molecule has 2 saturated heterocycles. The van der Waals surface area contributed by atoms with Crippen LogP contribution in [0.2, 0.25) is 0 Å². The molecule has 2 aliphatic rings. The van der Waals surface area contributed by atoms with E-state index >= 15 is 0 Å². The van der Waals surface area contributed by atoms with Crippen LogP contribution in [0.1, 0.15) is 35.6 Å². The summed E-state index contributed by atoms with van der Waals surface area (Å²) in [6.07, 6.45) is 2.51. The lowest BCUT2D eigenvalue weighted by Crippen LogP contribution is -2.47. The van der Waals surface area contributed by atoms with Gasteiger partial charge < -0.3 is 9.80 Å². The molecule has 0 unspecified atom stereocenters. The summed E-state index contributed by atoms with van der Waals surface area (Å²) in [6.45, 7) is 7.63. The number of likely N-dealkylation sites (N-methyl/N-ethyl adjacent to an activating group) is 1. The molecule has 0 N–H and O–H groups in total. The maximum atomic E-state index is 13.4. The normalized spacial score (nSPS) is 17.8. The van der Waals surface area contributed by atoms with Crippen molar-refractivity contribution >= 4 is 46.1 Å². The van der Waals surface area contributed by atoms with E-state index in [2.05, 4.69) is 22.9 Å². The summed E-state index contributed by atoms with van der Waals surface area (Å²) < 4.78 is 15.4. The van der Waals surface area contributed by atoms with Gasteiger partial charge in [0.2, 0.25) is 0 Å². The highest BCUT2D eigenvalue weighted by atomic mass is 32.2. The number of carbonyl (C=O) groups is 1. The number of aromatic nitrogens is 1. The van der Waals surface area contributed by atoms with E-state index in [0.717, 1.165) is 44.0 Å². The fourth-order valence-electron chi connectivity index (χ4n) is 4.47. The van der Waals surface area contributed by atoms with Crippen molar-refractivity contribution in [3.8, 4) is 6.07 Å². The quantitative estimate of drug-likeness (QED) is 0.420. The second kappa shape index (κ2) is 10.9. The van der Waals surface area contributed by atoms with Crippen LogP contribution in [0, 0.1) is 24.1 Å². The lowest BCUT2D eigenvalue weighted by atomic mass is 10.0. The third-order valence-electron chi connectivity index (χ3n) is 6.50. The van der Waals surface area contributed by atoms with Crippen molar-refractivity contribution in [1.29, 1.82) is 5.26 Å². The Morgan fingerprint density at radius 1 is 1.17 bits per heavy atom. The summed E-state index contributed by atoms with van der Waals surface area (Å²) in [7, 11) is 2.06. The summed E-state index contributed by atoms with van der Waals surface area (Å²) in [5, 5.41) is 9.80. The predicted molar refractivity (Wildman–Crippen MR) is 145 cm³/mol. The fourth-order valence-corrected chi connectivity index (χ4v) is 5.71. The number of piperazine rings is 1. The third-order valence-corrected chi connectivity index (χ3v) is 7.88. The molecule has 0 spiro atoms. The smallest absolute Gasteiger partial charge is 0.270 e. The zero-order valence-electron chi connectivity index (χ0n) is 20.6. The molecule has 1 aromatic carbocycles. The van der Waals surface area contributed by atoms with Gasteiger partial charge in [0.05, 0.1) is 11.4 Å². The Morgan fingerprint density at radius 2 is 1.83 bits per heavy atom. The highest BCUT2D eigenvalue weighted by Crippen LogP contribution is 2.36. The first-order valence-corrected chi connectivity index (χ1v) is 13.1. The Labute approximate surface area is 219 Å². The molecule has 0 saturated carbocycles. The van der Waals surface area contributed by atoms with Gasteiger partial charge >= 0.3 is 0 Å². The molecule has 0 radical (unpaired) electrons. The fraction of sp³-hybridized carbons (Fsp3) is 0.385. The molecule has 0 bridgehead atoms. The van der Waals surface area contributed by atoms with E-state index in [0.29, 0.717) is 26.9 Å². The average molecular weight is 526 g/mol. The van der Waals surface area contributed by atoms with Crippen molar-refractivity contribution in [2.45, 2.75) is 33.4 Å². The first kappa shape index (κ1) is 26.1. The Morgan fingerprint density at radius 3 is 2.44 bits per heavy atom. The Hall–Kier alpha value is -3.00. The molecule has 188 valence electrons. The summed E-state index contributed by atoms with van der Waals surface area (Å²) in [5.41, 5.74) is 1.83. The van der Waals surface area contributed by atoms with Crippen LogP contribution in [0.4, 0.5) is 10.2 Å². The molecule has 36 heavy (non-hydrogen) atoms. The number of amides is 1. The number of pyridine rings is 1. The Balaban J connectivity index is 1.80. The molecule has 2 fully saturated rings. The highest BCUT2D eigenvalue weighted by molar-refractivity contribution is 8.26. The zero-order valence-corrected chi connectivity index (χ0v) is 22.2.